The molecule has 41 heavy (non-hydrogen) atoms. The first-order valence-electron chi connectivity index (χ1n) is 14.2. The minimum absolute atomic E-state index is 0.00899. The van der Waals surface area contributed by atoms with Gasteiger partial charge in [-0.3, -0.25) is 0 Å². The molecule has 2 aromatic rings. The molecule has 4 aliphatic rings. The molecule has 0 amide bonds. The molecule has 1 saturated heterocycles. The molecule has 5 atom stereocenters. The molecule has 216 valence electrons. The number of hydrogen-bond donors (Lipinski definition) is 0. The lowest BCUT2D eigenvalue weighted by Crippen LogP contribution is -2.30. The van der Waals surface area contributed by atoms with Gasteiger partial charge >= 0.3 is 5.97 Å². The zero-order valence-corrected chi connectivity index (χ0v) is 23.9. The standard InChI is InChI=1S/C32H35NO7S/c1-37-31(34)28(23-12-14-26(15-13-23)41(35,36)27-16-17-27)33-38-21-22-18-19-32(20-22)39-29(24-8-4-2-5-9-24)30(40-32)25-10-6-3-7-11-25/h2-10,12-15,22,25,27,29-30H,11,16-21H2,1H3/b33-28+/t22?,25?,29-,30-,32?/m1/s1. The van der Waals surface area contributed by atoms with Crippen LogP contribution in [0.5, 0.6) is 0 Å². The van der Waals surface area contributed by atoms with Gasteiger partial charge in [-0.05, 0) is 43.4 Å². The zero-order chi connectivity index (χ0) is 28.5. The molecule has 0 bridgehead atoms. The van der Waals surface area contributed by atoms with Crippen LogP contribution in [0, 0.1) is 11.8 Å². The summed E-state index contributed by atoms with van der Waals surface area (Å²) in [5.41, 5.74) is 1.53. The van der Waals surface area contributed by atoms with Crippen LogP contribution in [0.25, 0.3) is 0 Å². The third-order valence-corrected chi connectivity index (χ3v) is 10.6. The van der Waals surface area contributed by atoms with Crippen molar-refractivity contribution in [2.45, 2.75) is 66.7 Å². The number of allylic oxidation sites excluding steroid dienone is 3. The molecule has 1 aliphatic heterocycles. The van der Waals surface area contributed by atoms with Crippen LogP contribution in [-0.4, -0.2) is 51.0 Å². The molecule has 1 spiro atoms. The largest absolute Gasteiger partial charge is 0.464 e. The van der Waals surface area contributed by atoms with E-state index in [9.17, 15) is 13.2 Å². The fourth-order valence-corrected chi connectivity index (χ4v) is 7.66. The van der Waals surface area contributed by atoms with Gasteiger partial charge in [0.1, 0.15) is 12.7 Å². The van der Waals surface area contributed by atoms with Gasteiger partial charge in [0.25, 0.3) is 0 Å². The van der Waals surface area contributed by atoms with Crippen LogP contribution in [-0.2, 0) is 33.7 Å². The Kier molecular flexibility index (Phi) is 7.85. The third kappa shape index (κ3) is 5.89. The SMILES string of the molecule is COC(=O)/C(=N/OCC1CCC2(C1)O[C@H](c1ccccc1)[C@@H](C1C=CC=CC1)O2)c1ccc(S(=O)(=O)C2CC2)cc1. The highest BCUT2D eigenvalue weighted by molar-refractivity contribution is 7.92. The summed E-state index contributed by atoms with van der Waals surface area (Å²) < 4.78 is 43.4. The van der Waals surface area contributed by atoms with Gasteiger partial charge in [0.2, 0.25) is 0 Å². The number of benzene rings is 2. The summed E-state index contributed by atoms with van der Waals surface area (Å²) in [6.45, 7) is 0.288. The summed E-state index contributed by atoms with van der Waals surface area (Å²) in [7, 11) is -2.05. The molecule has 2 saturated carbocycles. The van der Waals surface area contributed by atoms with Crippen LogP contribution in [0.3, 0.4) is 0 Å². The van der Waals surface area contributed by atoms with E-state index >= 15 is 0 Å². The molecule has 2 aromatic carbocycles. The number of carbonyl (C=O) groups is 1. The van der Waals surface area contributed by atoms with Gasteiger partial charge in [0.05, 0.1) is 23.4 Å². The number of nitrogens with zero attached hydrogens (tertiary/aromatic N) is 1. The topological polar surface area (TPSA) is 100 Å². The summed E-state index contributed by atoms with van der Waals surface area (Å²) in [5, 5.41) is 3.82. The lowest BCUT2D eigenvalue weighted by Gasteiger charge is -2.25. The van der Waals surface area contributed by atoms with Crippen LogP contribution >= 0.6 is 0 Å². The Balaban J connectivity index is 1.13. The number of hydrogen-bond acceptors (Lipinski definition) is 8. The zero-order valence-electron chi connectivity index (χ0n) is 23.1. The molecule has 3 aliphatic carbocycles. The van der Waals surface area contributed by atoms with Gasteiger partial charge in [-0.25, -0.2) is 13.2 Å². The van der Waals surface area contributed by atoms with E-state index in [-0.39, 0.29) is 46.5 Å². The summed E-state index contributed by atoms with van der Waals surface area (Å²) in [6, 6.07) is 16.4. The maximum Gasteiger partial charge on any atom is 0.360 e. The van der Waals surface area contributed by atoms with Crippen LogP contribution < -0.4 is 0 Å². The van der Waals surface area contributed by atoms with E-state index < -0.39 is 21.6 Å². The minimum atomic E-state index is -3.32. The minimum Gasteiger partial charge on any atom is -0.464 e. The highest BCUT2D eigenvalue weighted by atomic mass is 32.2. The van der Waals surface area contributed by atoms with Crippen molar-refractivity contribution in [3.63, 3.8) is 0 Å². The molecule has 8 nitrogen and oxygen atoms in total. The van der Waals surface area contributed by atoms with Gasteiger partial charge in [-0.1, -0.05) is 71.9 Å². The maximum atomic E-state index is 12.5. The molecular weight excluding hydrogens is 542 g/mol. The van der Waals surface area contributed by atoms with E-state index in [1.54, 1.807) is 12.1 Å². The summed E-state index contributed by atoms with van der Waals surface area (Å²) in [5.74, 6) is -0.985. The van der Waals surface area contributed by atoms with E-state index in [1.807, 2.05) is 18.2 Å². The van der Waals surface area contributed by atoms with Crippen molar-refractivity contribution < 1.29 is 32.3 Å². The van der Waals surface area contributed by atoms with E-state index in [0.717, 1.165) is 24.8 Å². The molecule has 0 N–H and O–H groups in total. The van der Waals surface area contributed by atoms with Crippen LogP contribution in [0.2, 0.25) is 0 Å². The number of esters is 1. The van der Waals surface area contributed by atoms with Crippen LogP contribution in [0.4, 0.5) is 0 Å². The number of oxime groups is 1. The lowest BCUT2D eigenvalue weighted by atomic mass is 9.89. The van der Waals surface area contributed by atoms with Crippen molar-refractivity contribution in [3.8, 4) is 0 Å². The summed E-state index contributed by atoms with van der Waals surface area (Å²) in [6.07, 6.45) is 12.8. The van der Waals surface area contributed by atoms with Crippen LogP contribution in [0.15, 0.2) is 89.0 Å². The first-order chi connectivity index (χ1) is 19.9. The Morgan fingerprint density at radius 2 is 1.80 bits per heavy atom. The fourth-order valence-electron chi connectivity index (χ4n) is 6.00. The molecule has 3 unspecified atom stereocenters. The third-order valence-electron chi connectivity index (χ3n) is 8.35. The van der Waals surface area contributed by atoms with Crippen molar-refractivity contribution >= 4 is 21.5 Å². The normalized spacial score (nSPS) is 29.6. The van der Waals surface area contributed by atoms with Crippen molar-refractivity contribution in [1.29, 1.82) is 0 Å². The van der Waals surface area contributed by atoms with Gasteiger partial charge in [-0.2, -0.15) is 0 Å². The smallest absolute Gasteiger partial charge is 0.360 e. The van der Waals surface area contributed by atoms with Gasteiger partial charge in [0, 0.05) is 30.2 Å². The van der Waals surface area contributed by atoms with Crippen molar-refractivity contribution in [2.75, 3.05) is 13.7 Å². The predicted molar refractivity (Wildman–Crippen MR) is 153 cm³/mol. The fraction of sp³-hybridized carbons (Fsp3) is 0.438. The molecule has 1 heterocycles. The number of sulfone groups is 1. The van der Waals surface area contributed by atoms with Crippen LogP contribution in [0.1, 0.15) is 55.8 Å². The van der Waals surface area contributed by atoms with E-state index in [4.69, 9.17) is 19.0 Å². The van der Waals surface area contributed by atoms with E-state index in [0.29, 0.717) is 24.8 Å². The Morgan fingerprint density at radius 3 is 2.49 bits per heavy atom. The second-order valence-electron chi connectivity index (χ2n) is 11.3. The maximum absolute atomic E-state index is 12.5. The number of carbonyl (C=O) groups excluding carboxylic acids is 1. The first-order valence-corrected chi connectivity index (χ1v) is 15.8. The summed E-state index contributed by atoms with van der Waals surface area (Å²) >= 11 is 0. The number of methoxy groups -OCH3 is 1. The molecule has 9 heteroatoms. The monoisotopic (exact) mass is 577 g/mol. The van der Waals surface area contributed by atoms with E-state index in [1.165, 1.54) is 19.2 Å². The van der Waals surface area contributed by atoms with Crippen molar-refractivity contribution in [1.82, 2.24) is 0 Å². The van der Waals surface area contributed by atoms with Gasteiger partial charge < -0.3 is 19.0 Å². The molecule has 6 rings (SSSR count). The second kappa shape index (κ2) is 11.5. The Bertz CT molecular complexity index is 1450. The van der Waals surface area contributed by atoms with Gasteiger partial charge in [0.15, 0.2) is 21.3 Å². The quantitative estimate of drug-likeness (QED) is 0.226. The molecule has 3 fully saturated rings. The Morgan fingerprint density at radius 1 is 1.02 bits per heavy atom. The molecule has 0 aromatic heterocycles. The first kappa shape index (κ1) is 27.9. The van der Waals surface area contributed by atoms with Gasteiger partial charge in [-0.15, -0.1) is 0 Å². The van der Waals surface area contributed by atoms with Crippen molar-refractivity contribution in [2.24, 2.45) is 17.0 Å². The lowest BCUT2D eigenvalue weighted by molar-refractivity contribution is -0.175. The number of rotatable bonds is 9. The Hall–Kier alpha value is -3.27. The average Bonchev–Trinajstić information content (AvgIpc) is 3.72. The highest BCUT2D eigenvalue weighted by Gasteiger charge is 2.53. The summed E-state index contributed by atoms with van der Waals surface area (Å²) in [4.78, 5) is 18.4. The predicted octanol–water partition coefficient (Wildman–Crippen LogP) is 5.30. The second-order valence-corrected chi connectivity index (χ2v) is 13.5. The van der Waals surface area contributed by atoms with Crippen molar-refractivity contribution in [3.05, 3.63) is 90.0 Å². The highest BCUT2D eigenvalue weighted by Crippen LogP contribution is 2.51. The molecular formula is C32H35NO7S. The average molecular weight is 578 g/mol. The number of ether oxygens (including phenoxy) is 3. The van der Waals surface area contributed by atoms with E-state index in [2.05, 4.69) is 41.6 Å². The molecule has 0 radical (unpaired) electrons. The Labute approximate surface area is 240 Å².